The third-order valence-electron chi connectivity index (χ3n) is 9.89. The summed E-state index contributed by atoms with van der Waals surface area (Å²) >= 11 is 0.713. The van der Waals surface area contributed by atoms with Crippen molar-refractivity contribution >= 4 is 58.2 Å². The van der Waals surface area contributed by atoms with Crippen LogP contribution in [0.15, 0.2) is 23.8 Å². The number of imidazole rings is 2. The summed E-state index contributed by atoms with van der Waals surface area (Å²) in [7, 11) is 1.55. The van der Waals surface area contributed by atoms with Crippen molar-refractivity contribution in [2.24, 2.45) is 22.7 Å². The number of hydrogen-bond donors (Lipinski definition) is 4. The van der Waals surface area contributed by atoms with Gasteiger partial charge in [-0.2, -0.15) is 4.98 Å². The van der Waals surface area contributed by atoms with Gasteiger partial charge in [-0.25, -0.2) is 24.5 Å². The number of nitrogens with one attached hydrogen (secondary N) is 1. The molecule has 3 fully saturated rings. The Hall–Kier alpha value is -3.65. The van der Waals surface area contributed by atoms with E-state index in [0.29, 0.717) is 35.4 Å². The second-order valence-electron chi connectivity index (χ2n) is 14.4. The molecule has 0 spiro atoms. The molecule has 9 atom stereocenters. The Balaban J connectivity index is 1.13. The van der Waals surface area contributed by atoms with Crippen LogP contribution in [0.1, 0.15) is 52.8 Å². The van der Waals surface area contributed by atoms with Gasteiger partial charge in [0.05, 0.1) is 43.4 Å². The molecule has 5 heterocycles. The molecule has 3 aliphatic rings. The molecular weight excluding hydrogens is 707 g/mol. The number of fused-ring (bicyclic) bond motifs is 3. The van der Waals surface area contributed by atoms with E-state index in [0.717, 1.165) is 0 Å². The normalized spacial score (nSPS) is 30.1. The number of nitrogens with two attached hydrogens (primary N) is 2. The Labute approximate surface area is 295 Å². The smallest absolute Gasteiger partial charge is 0.392 e. The standard InChI is InChI=1S/C30H41N10O9PS/c1-14-6-17(39-11-36-19-25(39)37-28(32)38-26(19)42)48-16(14)8-47-50(44,51-13-46-27(43)29(2,3)4)49-22-21(41)20(15-7-30(15,22)9-45-5)40-12-35-18-23(31)33-10-34-24(18)40/h10-12,14-17,20-22,41H,6-9,13H2,1-5H3,(H2,31,33,34)(H3,32,37,38,42)/t14-,15+,16+,17+,20+,21-,22-,30+,50?/m0/s1. The van der Waals surface area contributed by atoms with Crippen molar-refractivity contribution in [3.8, 4) is 0 Å². The lowest BCUT2D eigenvalue weighted by Crippen LogP contribution is -2.38. The van der Waals surface area contributed by atoms with Crippen molar-refractivity contribution in [1.29, 1.82) is 0 Å². The van der Waals surface area contributed by atoms with Gasteiger partial charge in [0.15, 0.2) is 22.6 Å². The fourth-order valence-corrected chi connectivity index (χ4v) is 10.0. The number of methoxy groups -OCH3 is 1. The quantitative estimate of drug-likeness (QED) is 0.0921. The van der Waals surface area contributed by atoms with Crippen LogP contribution in [-0.4, -0.2) is 94.7 Å². The molecule has 2 aliphatic carbocycles. The maximum Gasteiger partial charge on any atom is 0.392 e. The number of rotatable bonds is 12. The Morgan fingerprint density at radius 2 is 1.92 bits per heavy atom. The average molecular weight is 749 g/mol. The van der Waals surface area contributed by atoms with Crippen LogP contribution >= 0.6 is 18.2 Å². The third-order valence-corrected chi connectivity index (χ3v) is 13.2. The van der Waals surface area contributed by atoms with E-state index in [1.807, 2.05) is 6.92 Å². The molecule has 21 heteroatoms. The van der Waals surface area contributed by atoms with Crippen LogP contribution in [0.2, 0.25) is 0 Å². The molecule has 51 heavy (non-hydrogen) atoms. The number of carbonyl (C=O) groups is 1. The third kappa shape index (κ3) is 6.40. The number of hydrogen-bond acceptors (Lipinski definition) is 17. The van der Waals surface area contributed by atoms with Crippen molar-refractivity contribution < 1.29 is 37.7 Å². The number of aromatic nitrogens is 8. The first kappa shape index (κ1) is 35.7. The Morgan fingerprint density at radius 1 is 1.18 bits per heavy atom. The van der Waals surface area contributed by atoms with Crippen molar-refractivity contribution in [1.82, 2.24) is 39.0 Å². The van der Waals surface area contributed by atoms with Crippen LogP contribution in [-0.2, 0) is 32.6 Å². The summed E-state index contributed by atoms with van der Waals surface area (Å²) in [6.45, 7) is 2.95. The molecule has 4 aromatic rings. The lowest BCUT2D eigenvalue weighted by molar-refractivity contribution is -0.150. The molecular formula is C30H41N10O9PS. The highest BCUT2D eigenvalue weighted by atomic mass is 32.7. The first-order chi connectivity index (χ1) is 24.2. The van der Waals surface area contributed by atoms with Gasteiger partial charge in [-0.1, -0.05) is 6.92 Å². The molecule has 0 bridgehead atoms. The van der Waals surface area contributed by atoms with Gasteiger partial charge in [-0.05, 0) is 45.4 Å². The number of anilines is 2. The minimum absolute atomic E-state index is 0.0541. The number of aliphatic hydroxyl groups excluding tert-OH is 1. The van der Waals surface area contributed by atoms with Gasteiger partial charge in [-0.15, -0.1) is 0 Å². The topological polar surface area (TPSA) is 260 Å². The minimum atomic E-state index is -4.18. The molecule has 0 amide bonds. The highest BCUT2D eigenvalue weighted by molar-refractivity contribution is 8.55. The van der Waals surface area contributed by atoms with E-state index < -0.39 is 59.7 Å². The number of carbonyl (C=O) groups excluding carboxylic acids is 1. The summed E-state index contributed by atoms with van der Waals surface area (Å²) in [5.41, 5.74) is 11.1. The maximum absolute atomic E-state index is 14.7. The van der Waals surface area contributed by atoms with Crippen LogP contribution in [0, 0.1) is 22.7 Å². The Bertz CT molecular complexity index is 2070. The van der Waals surface area contributed by atoms with Gasteiger partial charge in [-0.3, -0.25) is 28.2 Å². The van der Waals surface area contributed by atoms with Crippen molar-refractivity contribution in [2.45, 2.75) is 71.1 Å². The number of aromatic amines is 1. The van der Waals surface area contributed by atoms with Crippen molar-refractivity contribution in [3.63, 3.8) is 0 Å². The second-order valence-corrected chi connectivity index (χ2v) is 18.3. The molecule has 0 aromatic carbocycles. The molecule has 19 nitrogen and oxygen atoms in total. The number of aliphatic hydroxyl groups is 1. The van der Waals surface area contributed by atoms with Crippen LogP contribution in [0.4, 0.5) is 11.8 Å². The van der Waals surface area contributed by atoms with Crippen molar-refractivity contribution in [2.75, 3.05) is 37.7 Å². The summed E-state index contributed by atoms with van der Waals surface area (Å²) in [4.78, 5) is 48.5. The van der Waals surface area contributed by atoms with Crippen LogP contribution in [0.25, 0.3) is 22.3 Å². The summed E-state index contributed by atoms with van der Waals surface area (Å²) in [5.74, 6) is -0.900. The van der Waals surface area contributed by atoms with E-state index >= 15 is 0 Å². The maximum atomic E-state index is 14.7. The second kappa shape index (κ2) is 13.1. The number of ether oxygens (including phenoxy) is 3. The lowest BCUT2D eigenvalue weighted by atomic mass is 9.98. The molecule has 6 N–H and O–H groups in total. The van der Waals surface area contributed by atoms with E-state index in [2.05, 4.69) is 29.9 Å². The molecule has 4 aromatic heterocycles. The van der Waals surface area contributed by atoms with E-state index in [-0.39, 0.29) is 53.9 Å². The number of esters is 1. The largest absolute Gasteiger partial charge is 0.454 e. The molecule has 0 radical (unpaired) electrons. The van der Waals surface area contributed by atoms with Crippen LogP contribution < -0.4 is 17.0 Å². The zero-order valence-corrected chi connectivity index (χ0v) is 30.4. The van der Waals surface area contributed by atoms with E-state index in [1.165, 1.54) is 12.7 Å². The minimum Gasteiger partial charge on any atom is -0.454 e. The summed E-state index contributed by atoms with van der Waals surface area (Å²) in [5, 5.41) is 11.9. The molecule has 2 saturated carbocycles. The highest BCUT2D eigenvalue weighted by Gasteiger charge is 2.73. The van der Waals surface area contributed by atoms with Crippen molar-refractivity contribution in [3.05, 3.63) is 29.3 Å². The Morgan fingerprint density at radius 3 is 2.67 bits per heavy atom. The number of nitrogens with zero attached hydrogens (tertiary/aromatic N) is 7. The molecule has 276 valence electrons. The first-order valence-electron chi connectivity index (χ1n) is 16.4. The fourth-order valence-electron chi connectivity index (χ4n) is 7.19. The fraction of sp³-hybridized carbons (Fsp3) is 0.633. The van der Waals surface area contributed by atoms with Gasteiger partial charge < -0.3 is 35.4 Å². The van der Waals surface area contributed by atoms with E-state index in [4.69, 9.17) is 34.7 Å². The van der Waals surface area contributed by atoms with Crippen LogP contribution in [0.5, 0.6) is 0 Å². The van der Waals surface area contributed by atoms with Gasteiger partial charge in [0.1, 0.15) is 36.2 Å². The van der Waals surface area contributed by atoms with Gasteiger partial charge in [0, 0.05) is 23.9 Å². The average Bonchev–Trinajstić information content (AvgIpc) is 3.41. The molecule has 7 rings (SSSR count). The van der Waals surface area contributed by atoms with Gasteiger partial charge in [0.2, 0.25) is 5.95 Å². The van der Waals surface area contributed by atoms with Gasteiger partial charge in [0.25, 0.3) is 5.56 Å². The lowest BCUT2D eigenvalue weighted by Gasteiger charge is -2.31. The summed E-state index contributed by atoms with van der Waals surface area (Å²) in [6, 6.07) is -0.555. The summed E-state index contributed by atoms with van der Waals surface area (Å²) < 4.78 is 47.9. The first-order valence-corrected chi connectivity index (χ1v) is 19.5. The van der Waals surface area contributed by atoms with E-state index in [1.54, 1.807) is 43.3 Å². The van der Waals surface area contributed by atoms with Crippen LogP contribution in [0.3, 0.4) is 0 Å². The zero-order valence-electron chi connectivity index (χ0n) is 28.7. The van der Waals surface area contributed by atoms with E-state index in [9.17, 15) is 19.3 Å². The summed E-state index contributed by atoms with van der Waals surface area (Å²) in [6.07, 6.45) is 2.15. The highest BCUT2D eigenvalue weighted by Crippen LogP contribution is 2.73. The SMILES string of the molecule is COC[C@]12C[C@@H]1[C@@H](n1cnc3c(N)ncnc31)[C@H](O)[C@@H]2OP(=O)(OC[C@H]1O[C@@H](n2cnc3c(=O)[nH]c(N)nc32)C[C@@H]1C)SCOC(=O)C(C)(C)C. The zero-order chi connectivity index (χ0) is 36.5. The predicted octanol–water partition coefficient (Wildman–Crippen LogP) is 2.41. The number of H-pyrrole nitrogens is 1. The molecule has 1 unspecified atom stereocenters. The molecule has 1 aliphatic heterocycles. The monoisotopic (exact) mass is 748 g/mol. The van der Waals surface area contributed by atoms with Gasteiger partial charge >= 0.3 is 12.8 Å². The Kier molecular flexibility index (Phi) is 9.17. The number of nitrogen functional groups attached to an aromatic ring is 2. The predicted molar refractivity (Wildman–Crippen MR) is 184 cm³/mol. The molecule has 1 saturated heterocycles.